The molecule has 1 atom stereocenters. The van der Waals surface area contributed by atoms with Gasteiger partial charge in [0, 0.05) is 13.0 Å². The molecule has 0 aromatic heterocycles. The molecule has 0 heterocycles. The third-order valence-electron chi connectivity index (χ3n) is 1.75. The first-order chi connectivity index (χ1) is 6.61. The number of ketones is 1. The molecule has 4 heteroatoms. The monoisotopic (exact) mass is 202 g/mol. The molecule has 0 spiro atoms. The molecule has 0 bridgehead atoms. The van der Waals surface area contributed by atoms with Crippen molar-refractivity contribution in [1.29, 1.82) is 0 Å². The number of Topliss-reactive ketones (excluding diaryl/α,β-unsaturated/α-hetero) is 1. The molecule has 4 nitrogen and oxygen atoms in total. The van der Waals surface area contributed by atoms with E-state index in [1.165, 1.54) is 7.11 Å². The quantitative estimate of drug-likeness (QED) is 0.459. The van der Waals surface area contributed by atoms with Crippen molar-refractivity contribution in [1.82, 2.24) is 0 Å². The lowest BCUT2D eigenvalue weighted by molar-refractivity contribution is -0.147. The SMILES string of the molecule is CCCOC(=O)CC(=O)[C@H](C)COC. The number of hydrogen-bond donors (Lipinski definition) is 0. The number of methoxy groups -OCH3 is 1. The summed E-state index contributed by atoms with van der Waals surface area (Å²) in [7, 11) is 1.53. The lowest BCUT2D eigenvalue weighted by Gasteiger charge is -2.08. The average Bonchev–Trinajstić information content (AvgIpc) is 2.15. The maximum atomic E-state index is 11.3. The smallest absolute Gasteiger partial charge is 0.313 e. The van der Waals surface area contributed by atoms with E-state index in [2.05, 4.69) is 0 Å². The van der Waals surface area contributed by atoms with Gasteiger partial charge in [-0.1, -0.05) is 13.8 Å². The topological polar surface area (TPSA) is 52.6 Å². The number of rotatable bonds is 7. The van der Waals surface area contributed by atoms with Gasteiger partial charge in [-0.25, -0.2) is 0 Å². The highest BCUT2D eigenvalue weighted by molar-refractivity contribution is 5.96. The number of carbonyl (C=O) groups is 2. The molecule has 82 valence electrons. The highest BCUT2D eigenvalue weighted by Gasteiger charge is 2.17. The van der Waals surface area contributed by atoms with Gasteiger partial charge in [0.1, 0.15) is 12.2 Å². The minimum atomic E-state index is -0.445. The van der Waals surface area contributed by atoms with Crippen molar-refractivity contribution in [2.24, 2.45) is 5.92 Å². The predicted molar refractivity (Wildman–Crippen MR) is 51.9 cm³/mol. The molecule has 0 aliphatic heterocycles. The van der Waals surface area contributed by atoms with E-state index >= 15 is 0 Å². The highest BCUT2D eigenvalue weighted by atomic mass is 16.5. The van der Waals surface area contributed by atoms with E-state index in [1.54, 1.807) is 6.92 Å². The Balaban J connectivity index is 3.75. The summed E-state index contributed by atoms with van der Waals surface area (Å²) in [5, 5.41) is 0. The van der Waals surface area contributed by atoms with Crippen molar-refractivity contribution >= 4 is 11.8 Å². The van der Waals surface area contributed by atoms with Crippen LogP contribution in [0.15, 0.2) is 0 Å². The van der Waals surface area contributed by atoms with E-state index in [0.717, 1.165) is 6.42 Å². The molecule has 0 radical (unpaired) electrons. The Hall–Kier alpha value is -0.900. The fraction of sp³-hybridized carbons (Fsp3) is 0.800. The molecular weight excluding hydrogens is 184 g/mol. The third kappa shape index (κ3) is 5.70. The van der Waals surface area contributed by atoms with Crippen LogP contribution in [0.5, 0.6) is 0 Å². The standard InChI is InChI=1S/C10H18O4/c1-4-5-14-10(12)6-9(11)8(2)7-13-3/h8H,4-7H2,1-3H3/t8-/m1/s1. The molecule has 0 aromatic carbocycles. The Labute approximate surface area is 84.6 Å². The van der Waals surface area contributed by atoms with Gasteiger partial charge in [-0.3, -0.25) is 9.59 Å². The molecule has 0 N–H and O–H groups in total. The summed E-state index contributed by atoms with van der Waals surface area (Å²) in [4.78, 5) is 22.4. The largest absolute Gasteiger partial charge is 0.465 e. The van der Waals surface area contributed by atoms with Crippen LogP contribution in [0.25, 0.3) is 0 Å². The normalized spacial score (nSPS) is 12.2. The van der Waals surface area contributed by atoms with Crippen molar-refractivity contribution in [3.8, 4) is 0 Å². The molecule has 0 aliphatic rings. The van der Waals surface area contributed by atoms with Crippen LogP contribution in [0.3, 0.4) is 0 Å². The van der Waals surface area contributed by atoms with Crippen LogP contribution in [-0.2, 0) is 19.1 Å². The molecular formula is C10H18O4. The van der Waals surface area contributed by atoms with E-state index in [4.69, 9.17) is 9.47 Å². The van der Waals surface area contributed by atoms with Crippen LogP contribution in [0.2, 0.25) is 0 Å². The molecule has 0 saturated heterocycles. The fourth-order valence-corrected chi connectivity index (χ4v) is 0.926. The molecule has 0 aliphatic carbocycles. The number of hydrogen-bond acceptors (Lipinski definition) is 4. The van der Waals surface area contributed by atoms with Gasteiger partial charge in [-0.2, -0.15) is 0 Å². The highest BCUT2D eigenvalue weighted by Crippen LogP contribution is 2.02. The van der Waals surface area contributed by atoms with Crippen LogP contribution in [0, 0.1) is 5.92 Å². The lowest BCUT2D eigenvalue weighted by atomic mass is 10.1. The maximum absolute atomic E-state index is 11.3. The summed E-state index contributed by atoms with van der Waals surface area (Å²) in [6.45, 7) is 4.37. The Morgan fingerprint density at radius 3 is 2.50 bits per heavy atom. The van der Waals surface area contributed by atoms with Crippen molar-refractivity contribution in [3.63, 3.8) is 0 Å². The zero-order chi connectivity index (χ0) is 11.0. The van der Waals surface area contributed by atoms with E-state index in [1.807, 2.05) is 6.92 Å². The summed E-state index contributed by atoms with van der Waals surface area (Å²) in [6, 6.07) is 0. The Morgan fingerprint density at radius 1 is 1.36 bits per heavy atom. The summed E-state index contributed by atoms with van der Waals surface area (Å²) in [6.07, 6.45) is 0.623. The first kappa shape index (κ1) is 13.1. The van der Waals surface area contributed by atoms with Gasteiger partial charge >= 0.3 is 5.97 Å². The Kier molecular flexibility index (Phi) is 7.02. The van der Waals surface area contributed by atoms with E-state index in [9.17, 15) is 9.59 Å². The lowest BCUT2D eigenvalue weighted by Crippen LogP contribution is -2.20. The number of carbonyl (C=O) groups excluding carboxylic acids is 2. The number of ether oxygens (including phenoxy) is 2. The summed E-state index contributed by atoms with van der Waals surface area (Å²) >= 11 is 0. The minimum Gasteiger partial charge on any atom is -0.465 e. The second-order valence-electron chi connectivity index (χ2n) is 3.22. The van der Waals surface area contributed by atoms with Gasteiger partial charge in [-0.15, -0.1) is 0 Å². The first-order valence-corrected chi connectivity index (χ1v) is 4.79. The summed E-state index contributed by atoms with van der Waals surface area (Å²) in [5.74, 6) is -0.818. The van der Waals surface area contributed by atoms with Crippen LogP contribution in [-0.4, -0.2) is 32.1 Å². The van der Waals surface area contributed by atoms with E-state index < -0.39 is 5.97 Å². The second kappa shape index (κ2) is 7.50. The Morgan fingerprint density at radius 2 is 2.00 bits per heavy atom. The van der Waals surface area contributed by atoms with Crippen molar-refractivity contribution in [2.45, 2.75) is 26.7 Å². The Bertz CT molecular complexity index is 189. The maximum Gasteiger partial charge on any atom is 0.313 e. The van der Waals surface area contributed by atoms with Crippen molar-refractivity contribution in [2.75, 3.05) is 20.3 Å². The van der Waals surface area contributed by atoms with Gasteiger partial charge in [-0.05, 0) is 6.42 Å². The zero-order valence-corrected chi connectivity index (χ0v) is 9.04. The van der Waals surface area contributed by atoms with Gasteiger partial charge in [0.2, 0.25) is 0 Å². The predicted octanol–water partition coefficient (Wildman–Crippen LogP) is 1.18. The van der Waals surface area contributed by atoms with E-state index in [-0.39, 0.29) is 18.1 Å². The molecule has 0 rings (SSSR count). The summed E-state index contributed by atoms with van der Waals surface area (Å²) in [5.41, 5.74) is 0. The molecule has 0 amide bonds. The minimum absolute atomic E-state index is 0.132. The summed E-state index contributed by atoms with van der Waals surface area (Å²) < 4.78 is 9.60. The second-order valence-corrected chi connectivity index (χ2v) is 3.22. The van der Waals surface area contributed by atoms with Gasteiger partial charge < -0.3 is 9.47 Å². The van der Waals surface area contributed by atoms with Crippen LogP contribution < -0.4 is 0 Å². The van der Waals surface area contributed by atoms with Gasteiger partial charge in [0.15, 0.2) is 0 Å². The molecule has 0 unspecified atom stereocenters. The van der Waals surface area contributed by atoms with E-state index in [0.29, 0.717) is 13.2 Å². The van der Waals surface area contributed by atoms with Crippen LogP contribution in [0.4, 0.5) is 0 Å². The third-order valence-corrected chi connectivity index (χ3v) is 1.75. The van der Waals surface area contributed by atoms with Crippen molar-refractivity contribution in [3.05, 3.63) is 0 Å². The first-order valence-electron chi connectivity index (χ1n) is 4.79. The van der Waals surface area contributed by atoms with Gasteiger partial charge in [0.25, 0.3) is 0 Å². The zero-order valence-electron chi connectivity index (χ0n) is 9.04. The fourth-order valence-electron chi connectivity index (χ4n) is 0.926. The molecule has 0 fully saturated rings. The van der Waals surface area contributed by atoms with Gasteiger partial charge in [0.05, 0.1) is 13.2 Å². The molecule has 0 saturated carbocycles. The van der Waals surface area contributed by atoms with Crippen LogP contribution in [0.1, 0.15) is 26.7 Å². The molecule has 14 heavy (non-hydrogen) atoms. The molecule has 0 aromatic rings. The van der Waals surface area contributed by atoms with Crippen LogP contribution >= 0.6 is 0 Å². The van der Waals surface area contributed by atoms with Crippen molar-refractivity contribution < 1.29 is 19.1 Å². The average molecular weight is 202 g/mol. The number of esters is 1.